The quantitative estimate of drug-likeness (QED) is 0.798. The highest BCUT2D eigenvalue weighted by atomic mass is 16.5. The summed E-state index contributed by atoms with van der Waals surface area (Å²) in [6.45, 7) is 2.19. The maximum atomic E-state index is 6.23. The molecule has 4 heteroatoms. The van der Waals surface area contributed by atoms with Crippen molar-refractivity contribution in [3.05, 3.63) is 59.9 Å². The molecule has 0 bridgehead atoms. The van der Waals surface area contributed by atoms with Gasteiger partial charge < -0.3 is 10.5 Å². The Balaban J connectivity index is 1.96. The molecule has 3 aromatic rings. The monoisotopic (exact) mass is 281 g/mol. The summed E-state index contributed by atoms with van der Waals surface area (Å²) in [7, 11) is 1.65. The highest BCUT2D eigenvalue weighted by molar-refractivity contribution is 5.61. The molecule has 0 amide bonds. The summed E-state index contributed by atoms with van der Waals surface area (Å²) in [5, 5.41) is 0. The molecule has 21 heavy (non-hydrogen) atoms. The van der Waals surface area contributed by atoms with Crippen molar-refractivity contribution in [1.29, 1.82) is 0 Å². The first-order chi connectivity index (χ1) is 10.2. The zero-order chi connectivity index (χ0) is 14.8. The van der Waals surface area contributed by atoms with Crippen LogP contribution in [-0.2, 0) is 6.42 Å². The Morgan fingerprint density at radius 1 is 1.19 bits per heavy atom. The maximum absolute atomic E-state index is 6.23. The van der Waals surface area contributed by atoms with E-state index in [2.05, 4.69) is 36.2 Å². The van der Waals surface area contributed by atoms with E-state index in [9.17, 15) is 0 Å². The van der Waals surface area contributed by atoms with E-state index in [0.29, 0.717) is 11.7 Å². The van der Waals surface area contributed by atoms with E-state index in [4.69, 9.17) is 10.5 Å². The Kier molecular flexibility index (Phi) is 3.52. The molecular weight excluding hydrogens is 262 g/mol. The SMILES string of the molecule is COc1cccn2c(N)c(CC(C)c3ccccc3)nc12. The minimum atomic E-state index is 0.365. The van der Waals surface area contributed by atoms with E-state index in [0.717, 1.165) is 23.5 Å². The van der Waals surface area contributed by atoms with E-state index in [-0.39, 0.29) is 0 Å². The summed E-state index contributed by atoms with van der Waals surface area (Å²) in [4.78, 5) is 4.66. The lowest BCUT2D eigenvalue weighted by atomic mass is 9.96. The molecule has 1 unspecified atom stereocenters. The van der Waals surface area contributed by atoms with Crippen LogP contribution in [0.15, 0.2) is 48.7 Å². The Morgan fingerprint density at radius 3 is 2.67 bits per heavy atom. The molecular formula is C17H19N3O. The van der Waals surface area contributed by atoms with Gasteiger partial charge in [0.25, 0.3) is 0 Å². The number of nitrogens with two attached hydrogens (primary N) is 1. The molecule has 0 fully saturated rings. The van der Waals surface area contributed by atoms with Crippen LogP contribution in [0.25, 0.3) is 5.65 Å². The van der Waals surface area contributed by atoms with Crippen LogP contribution in [0.3, 0.4) is 0 Å². The molecule has 1 atom stereocenters. The summed E-state index contributed by atoms with van der Waals surface area (Å²) in [6, 6.07) is 14.2. The number of hydrogen-bond acceptors (Lipinski definition) is 3. The minimum Gasteiger partial charge on any atom is -0.493 e. The Morgan fingerprint density at radius 2 is 1.95 bits per heavy atom. The van der Waals surface area contributed by atoms with E-state index in [1.165, 1.54) is 5.56 Å². The Bertz CT molecular complexity index is 749. The lowest BCUT2D eigenvalue weighted by molar-refractivity contribution is 0.417. The van der Waals surface area contributed by atoms with Gasteiger partial charge in [-0.25, -0.2) is 4.98 Å². The highest BCUT2D eigenvalue weighted by Gasteiger charge is 2.15. The topological polar surface area (TPSA) is 52.5 Å². The second-order valence-corrected chi connectivity index (χ2v) is 5.23. The van der Waals surface area contributed by atoms with E-state index in [1.807, 2.05) is 28.8 Å². The number of fused-ring (bicyclic) bond motifs is 1. The van der Waals surface area contributed by atoms with Crippen molar-refractivity contribution in [1.82, 2.24) is 9.38 Å². The van der Waals surface area contributed by atoms with Crippen molar-refractivity contribution in [2.75, 3.05) is 12.8 Å². The van der Waals surface area contributed by atoms with Crippen LogP contribution in [0, 0.1) is 0 Å². The normalized spacial score (nSPS) is 12.5. The molecule has 0 aliphatic heterocycles. The van der Waals surface area contributed by atoms with Crippen LogP contribution in [0.4, 0.5) is 5.82 Å². The largest absolute Gasteiger partial charge is 0.493 e. The van der Waals surface area contributed by atoms with Crippen LogP contribution in [0.2, 0.25) is 0 Å². The number of aromatic nitrogens is 2. The molecule has 0 aliphatic carbocycles. The molecule has 2 heterocycles. The van der Waals surface area contributed by atoms with Crippen LogP contribution >= 0.6 is 0 Å². The molecule has 0 radical (unpaired) electrons. The van der Waals surface area contributed by atoms with Crippen LogP contribution in [0.1, 0.15) is 24.1 Å². The number of anilines is 1. The summed E-state index contributed by atoms with van der Waals surface area (Å²) < 4.78 is 7.23. The number of hydrogen-bond donors (Lipinski definition) is 1. The van der Waals surface area contributed by atoms with Gasteiger partial charge in [-0.2, -0.15) is 0 Å². The average molecular weight is 281 g/mol. The van der Waals surface area contributed by atoms with Gasteiger partial charge in [0.05, 0.1) is 12.8 Å². The second kappa shape index (κ2) is 5.48. The van der Waals surface area contributed by atoms with Gasteiger partial charge in [-0.1, -0.05) is 37.3 Å². The third kappa shape index (κ3) is 2.44. The predicted octanol–water partition coefficient (Wildman–Crippen LogP) is 3.27. The highest BCUT2D eigenvalue weighted by Crippen LogP contribution is 2.27. The lowest BCUT2D eigenvalue weighted by Gasteiger charge is -2.10. The van der Waals surface area contributed by atoms with Gasteiger partial charge in [0.15, 0.2) is 11.4 Å². The number of benzene rings is 1. The molecule has 3 rings (SSSR count). The first-order valence-corrected chi connectivity index (χ1v) is 7.05. The van der Waals surface area contributed by atoms with E-state index >= 15 is 0 Å². The molecule has 0 spiro atoms. The Labute approximate surface area is 124 Å². The van der Waals surface area contributed by atoms with E-state index < -0.39 is 0 Å². The molecule has 0 aliphatic rings. The molecule has 2 aromatic heterocycles. The minimum absolute atomic E-state index is 0.365. The number of rotatable bonds is 4. The molecule has 2 N–H and O–H groups in total. The average Bonchev–Trinajstić information content (AvgIpc) is 2.84. The first-order valence-electron chi connectivity index (χ1n) is 7.05. The third-order valence-corrected chi connectivity index (χ3v) is 3.82. The van der Waals surface area contributed by atoms with Gasteiger partial charge in [0, 0.05) is 12.6 Å². The fourth-order valence-corrected chi connectivity index (χ4v) is 2.61. The third-order valence-electron chi connectivity index (χ3n) is 3.82. The van der Waals surface area contributed by atoms with Crippen molar-refractivity contribution >= 4 is 11.5 Å². The molecule has 1 aromatic carbocycles. The second-order valence-electron chi connectivity index (χ2n) is 5.23. The van der Waals surface area contributed by atoms with E-state index in [1.54, 1.807) is 7.11 Å². The number of imidazole rings is 1. The van der Waals surface area contributed by atoms with Crippen LogP contribution < -0.4 is 10.5 Å². The number of nitrogen functional groups attached to an aromatic ring is 1. The lowest BCUT2D eigenvalue weighted by Crippen LogP contribution is -2.02. The van der Waals surface area contributed by atoms with Gasteiger partial charge in [-0.3, -0.25) is 4.40 Å². The van der Waals surface area contributed by atoms with Gasteiger partial charge in [-0.05, 0) is 23.6 Å². The molecule has 4 nitrogen and oxygen atoms in total. The smallest absolute Gasteiger partial charge is 0.181 e. The fourth-order valence-electron chi connectivity index (χ4n) is 2.61. The van der Waals surface area contributed by atoms with Gasteiger partial charge >= 0.3 is 0 Å². The number of ether oxygens (including phenoxy) is 1. The van der Waals surface area contributed by atoms with Crippen molar-refractivity contribution in [3.63, 3.8) is 0 Å². The van der Waals surface area contributed by atoms with Crippen molar-refractivity contribution in [3.8, 4) is 5.75 Å². The van der Waals surface area contributed by atoms with Gasteiger partial charge in [-0.15, -0.1) is 0 Å². The molecule has 0 saturated heterocycles. The fraction of sp³-hybridized carbons (Fsp3) is 0.235. The van der Waals surface area contributed by atoms with Crippen molar-refractivity contribution < 1.29 is 4.74 Å². The molecule has 0 saturated carbocycles. The zero-order valence-electron chi connectivity index (χ0n) is 12.3. The summed E-state index contributed by atoms with van der Waals surface area (Å²) in [6.07, 6.45) is 2.72. The predicted molar refractivity (Wildman–Crippen MR) is 84.7 cm³/mol. The van der Waals surface area contributed by atoms with Crippen molar-refractivity contribution in [2.45, 2.75) is 19.3 Å². The van der Waals surface area contributed by atoms with Crippen molar-refractivity contribution in [2.24, 2.45) is 0 Å². The van der Waals surface area contributed by atoms with Gasteiger partial charge in [0.1, 0.15) is 5.82 Å². The first kappa shape index (κ1) is 13.5. The van der Waals surface area contributed by atoms with Crippen LogP contribution in [0.5, 0.6) is 5.75 Å². The van der Waals surface area contributed by atoms with Crippen LogP contribution in [-0.4, -0.2) is 16.5 Å². The zero-order valence-corrected chi connectivity index (χ0v) is 12.3. The maximum Gasteiger partial charge on any atom is 0.181 e. The number of methoxy groups -OCH3 is 1. The molecule has 108 valence electrons. The van der Waals surface area contributed by atoms with Gasteiger partial charge in [0.2, 0.25) is 0 Å². The standard InChI is InChI=1S/C17H19N3O/c1-12(13-7-4-3-5-8-13)11-14-16(18)20-10-6-9-15(21-2)17(20)19-14/h3-10,12H,11,18H2,1-2H3. The number of nitrogens with zero attached hydrogens (tertiary/aromatic N) is 2. The number of pyridine rings is 1. The summed E-state index contributed by atoms with van der Waals surface area (Å²) in [5.41, 5.74) is 9.21. The summed E-state index contributed by atoms with van der Waals surface area (Å²) in [5.74, 6) is 1.79. The summed E-state index contributed by atoms with van der Waals surface area (Å²) >= 11 is 0. The Hall–Kier alpha value is -2.49.